The molecular formula is C17H17N. The molecule has 18 heavy (non-hydrogen) atoms. The third-order valence-electron chi connectivity index (χ3n) is 3.11. The van der Waals surface area contributed by atoms with Gasteiger partial charge in [-0.3, -0.25) is 0 Å². The van der Waals surface area contributed by atoms with Crippen LogP contribution in [0.5, 0.6) is 0 Å². The molecule has 0 unspecified atom stereocenters. The van der Waals surface area contributed by atoms with E-state index in [0.29, 0.717) is 0 Å². The molecule has 2 aromatic rings. The predicted octanol–water partition coefficient (Wildman–Crippen LogP) is 4.57. The minimum absolute atomic E-state index is 0.773. The first-order chi connectivity index (χ1) is 8.85. The van der Waals surface area contributed by atoms with Gasteiger partial charge in [0.2, 0.25) is 0 Å². The molecule has 0 fully saturated rings. The van der Waals surface area contributed by atoms with Crippen LogP contribution in [0.3, 0.4) is 0 Å². The van der Waals surface area contributed by atoms with Gasteiger partial charge in [-0.1, -0.05) is 55.8 Å². The Balaban J connectivity index is 2.36. The molecule has 0 spiro atoms. The number of benzene rings is 2. The number of hydrogen-bond acceptors (Lipinski definition) is 1. The molecule has 0 N–H and O–H groups in total. The first kappa shape index (κ1) is 12.4. The van der Waals surface area contributed by atoms with Crippen molar-refractivity contribution < 1.29 is 0 Å². The third-order valence-corrected chi connectivity index (χ3v) is 3.11. The van der Waals surface area contributed by atoms with Crippen molar-refractivity contribution in [3.63, 3.8) is 0 Å². The Kier molecular flexibility index (Phi) is 4.15. The third kappa shape index (κ3) is 2.78. The van der Waals surface area contributed by atoms with E-state index in [0.717, 1.165) is 23.1 Å². The van der Waals surface area contributed by atoms with E-state index in [4.69, 9.17) is 0 Å². The van der Waals surface area contributed by atoms with Gasteiger partial charge in [-0.15, -0.1) is 0 Å². The second-order valence-corrected chi connectivity index (χ2v) is 4.46. The predicted molar refractivity (Wildman–Crippen MR) is 75.2 cm³/mol. The molecule has 1 heteroatoms. The standard InChI is InChI=1S/C17H17N/c1-2-3-7-14-10-11-17(16(12-14)13-18)15-8-5-4-6-9-15/h4-6,8-12H,2-3,7H2,1H3. The Bertz CT molecular complexity index is 550. The molecule has 0 aliphatic rings. The molecule has 0 heterocycles. The summed E-state index contributed by atoms with van der Waals surface area (Å²) in [4.78, 5) is 0. The highest BCUT2D eigenvalue weighted by molar-refractivity contribution is 5.70. The summed E-state index contributed by atoms with van der Waals surface area (Å²) in [6.07, 6.45) is 3.41. The zero-order valence-electron chi connectivity index (χ0n) is 10.7. The summed E-state index contributed by atoms with van der Waals surface area (Å²) in [5, 5.41) is 9.28. The highest BCUT2D eigenvalue weighted by Gasteiger charge is 2.05. The van der Waals surface area contributed by atoms with E-state index in [9.17, 15) is 5.26 Å². The highest BCUT2D eigenvalue weighted by atomic mass is 14.2. The van der Waals surface area contributed by atoms with Crippen molar-refractivity contribution in [3.8, 4) is 17.2 Å². The van der Waals surface area contributed by atoms with Crippen LogP contribution in [0.25, 0.3) is 11.1 Å². The fourth-order valence-corrected chi connectivity index (χ4v) is 2.09. The average molecular weight is 235 g/mol. The Morgan fingerprint density at radius 3 is 2.50 bits per heavy atom. The van der Waals surface area contributed by atoms with Crippen LogP contribution in [0.2, 0.25) is 0 Å². The number of nitrogens with zero attached hydrogens (tertiary/aromatic N) is 1. The SMILES string of the molecule is CCCCc1ccc(-c2ccccc2)c(C#N)c1. The van der Waals surface area contributed by atoms with Gasteiger partial charge in [-0.25, -0.2) is 0 Å². The van der Waals surface area contributed by atoms with Crippen molar-refractivity contribution in [2.75, 3.05) is 0 Å². The number of unbranched alkanes of at least 4 members (excludes halogenated alkanes) is 1. The second-order valence-electron chi connectivity index (χ2n) is 4.46. The lowest BCUT2D eigenvalue weighted by molar-refractivity contribution is 0.795. The first-order valence-electron chi connectivity index (χ1n) is 6.43. The van der Waals surface area contributed by atoms with Crippen LogP contribution in [0.15, 0.2) is 48.5 Å². The first-order valence-corrected chi connectivity index (χ1v) is 6.43. The Hall–Kier alpha value is -2.07. The minimum atomic E-state index is 0.773. The Morgan fingerprint density at radius 1 is 1.06 bits per heavy atom. The van der Waals surface area contributed by atoms with E-state index in [1.165, 1.54) is 18.4 Å². The zero-order chi connectivity index (χ0) is 12.8. The van der Waals surface area contributed by atoms with Gasteiger partial charge in [0.25, 0.3) is 0 Å². The van der Waals surface area contributed by atoms with Gasteiger partial charge in [0.15, 0.2) is 0 Å². The van der Waals surface area contributed by atoms with Gasteiger partial charge in [0.1, 0.15) is 0 Å². The van der Waals surface area contributed by atoms with Crippen LogP contribution < -0.4 is 0 Å². The van der Waals surface area contributed by atoms with Crippen LogP contribution in [0.4, 0.5) is 0 Å². The molecule has 0 saturated heterocycles. The van der Waals surface area contributed by atoms with Crippen LogP contribution in [0.1, 0.15) is 30.9 Å². The molecule has 0 amide bonds. The molecule has 0 radical (unpaired) electrons. The van der Waals surface area contributed by atoms with E-state index in [1.807, 2.05) is 36.4 Å². The van der Waals surface area contributed by atoms with Crippen molar-refractivity contribution in [1.29, 1.82) is 5.26 Å². The maximum Gasteiger partial charge on any atom is 0.0998 e. The van der Waals surface area contributed by atoms with Crippen molar-refractivity contribution in [1.82, 2.24) is 0 Å². The fraction of sp³-hybridized carbons (Fsp3) is 0.235. The molecule has 1 nitrogen and oxygen atoms in total. The molecule has 0 aliphatic carbocycles. The number of hydrogen-bond donors (Lipinski definition) is 0. The molecule has 2 rings (SSSR count). The van der Waals surface area contributed by atoms with Gasteiger partial charge in [-0.05, 0) is 35.6 Å². The van der Waals surface area contributed by atoms with Crippen molar-refractivity contribution in [2.45, 2.75) is 26.2 Å². The molecule has 0 aromatic heterocycles. The summed E-state index contributed by atoms with van der Waals surface area (Å²) in [5.74, 6) is 0. The maximum atomic E-state index is 9.28. The van der Waals surface area contributed by atoms with E-state index in [-0.39, 0.29) is 0 Å². The topological polar surface area (TPSA) is 23.8 Å². The van der Waals surface area contributed by atoms with Gasteiger partial charge in [0.05, 0.1) is 11.6 Å². The summed E-state index contributed by atoms with van der Waals surface area (Å²) in [6.45, 7) is 2.18. The highest BCUT2D eigenvalue weighted by Crippen LogP contribution is 2.24. The van der Waals surface area contributed by atoms with E-state index in [1.54, 1.807) is 0 Å². The lowest BCUT2D eigenvalue weighted by Crippen LogP contribution is -1.90. The number of aryl methyl sites for hydroxylation is 1. The largest absolute Gasteiger partial charge is 0.192 e. The molecule has 90 valence electrons. The maximum absolute atomic E-state index is 9.28. The monoisotopic (exact) mass is 235 g/mol. The molecule has 0 aliphatic heterocycles. The second kappa shape index (κ2) is 6.02. The van der Waals surface area contributed by atoms with Gasteiger partial charge < -0.3 is 0 Å². The quantitative estimate of drug-likeness (QED) is 0.761. The number of nitriles is 1. The molecule has 0 atom stereocenters. The molecule has 0 saturated carbocycles. The van der Waals surface area contributed by atoms with Crippen molar-refractivity contribution >= 4 is 0 Å². The van der Waals surface area contributed by atoms with E-state index < -0.39 is 0 Å². The summed E-state index contributed by atoms with van der Waals surface area (Å²) in [5.41, 5.74) is 4.16. The van der Waals surface area contributed by atoms with Crippen LogP contribution in [-0.4, -0.2) is 0 Å². The minimum Gasteiger partial charge on any atom is -0.192 e. The van der Waals surface area contributed by atoms with Crippen molar-refractivity contribution in [3.05, 3.63) is 59.7 Å². The van der Waals surface area contributed by atoms with Crippen LogP contribution in [-0.2, 0) is 6.42 Å². The number of rotatable bonds is 4. The van der Waals surface area contributed by atoms with Gasteiger partial charge in [0, 0.05) is 0 Å². The van der Waals surface area contributed by atoms with Crippen LogP contribution in [0, 0.1) is 11.3 Å². The normalized spacial score (nSPS) is 10.0. The lowest BCUT2D eigenvalue weighted by Gasteiger charge is -2.07. The van der Waals surface area contributed by atoms with E-state index >= 15 is 0 Å². The van der Waals surface area contributed by atoms with Crippen LogP contribution >= 0.6 is 0 Å². The average Bonchev–Trinajstić information content (AvgIpc) is 2.45. The Morgan fingerprint density at radius 2 is 1.83 bits per heavy atom. The summed E-state index contributed by atoms with van der Waals surface area (Å²) in [6, 6.07) is 18.6. The zero-order valence-corrected chi connectivity index (χ0v) is 10.7. The summed E-state index contributed by atoms with van der Waals surface area (Å²) >= 11 is 0. The molecular weight excluding hydrogens is 218 g/mol. The summed E-state index contributed by atoms with van der Waals surface area (Å²) in [7, 11) is 0. The molecule has 2 aromatic carbocycles. The molecule has 0 bridgehead atoms. The van der Waals surface area contributed by atoms with E-state index in [2.05, 4.69) is 25.1 Å². The lowest BCUT2D eigenvalue weighted by atomic mass is 9.96. The Labute approximate surface area is 109 Å². The van der Waals surface area contributed by atoms with Gasteiger partial charge in [-0.2, -0.15) is 5.26 Å². The van der Waals surface area contributed by atoms with Gasteiger partial charge >= 0.3 is 0 Å². The summed E-state index contributed by atoms with van der Waals surface area (Å²) < 4.78 is 0. The fourth-order valence-electron chi connectivity index (χ4n) is 2.09. The smallest absolute Gasteiger partial charge is 0.0998 e. The van der Waals surface area contributed by atoms with Crippen molar-refractivity contribution in [2.24, 2.45) is 0 Å².